The summed E-state index contributed by atoms with van der Waals surface area (Å²) >= 11 is 0. The molecule has 1 N–H and O–H groups in total. The van der Waals surface area contributed by atoms with E-state index in [9.17, 15) is 4.79 Å². The van der Waals surface area contributed by atoms with Gasteiger partial charge in [-0.2, -0.15) is 5.10 Å². The van der Waals surface area contributed by atoms with E-state index < -0.39 is 0 Å². The van der Waals surface area contributed by atoms with Crippen LogP contribution in [-0.4, -0.2) is 43.8 Å². The zero-order chi connectivity index (χ0) is 16.5. The molecule has 3 aromatic rings. The summed E-state index contributed by atoms with van der Waals surface area (Å²) in [6.07, 6.45) is 4.23. The summed E-state index contributed by atoms with van der Waals surface area (Å²) in [7, 11) is 0. The lowest BCUT2D eigenvalue weighted by Gasteiger charge is -2.16. The van der Waals surface area contributed by atoms with Gasteiger partial charge in [-0.3, -0.25) is 4.79 Å². The molecule has 1 aliphatic heterocycles. The van der Waals surface area contributed by atoms with E-state index in [1.807, 2.05) is 12.1 Å². The normalized spacial score (nSPS) is 17.4. The van der Waals surface area contributed by atoms with Crippen LogP contribution in [0.3, 0.4) is 0 Å². The van der Waals surface area contributed by atoms with Gasteiger partial charge in [0.25, 0.3) is 5.91 Å². The third kappa shape index (κ3) is 2.66. The lowest BCUT2D eigenvalue weighted by atomic mass is 10.2. The highest BCUT2D eigenvalue weighted by atomic mass is 16.2. The Kier molecular flexibility index (Phi) is 3.56. The quantitative estimate of drug-likeness (QED) is 0.788. The maximum Gasteiger partial charge on any atom is 0.277 e. The fourth-order valence-electron chi connectivity index (χ4n) is 2.88. The SMILES string of the molecule is CC1CCN(c2ccc3ncc(C(=O)Nc4cccnn4)n3n2)C1. The van der Waals surface area contributed by atoms with Crippen LogP contribution >= 0.6 is 0 Å². The van der Waals surface area contributed by atoms with Crippen molar-refractivity contribution < 1.29 is 4.79 Å². The Labute approximate surface area is 138 Å². The molecule has 1 unspecified atom stereocenters. The van der Waals surface area contributed by atoms with Crippen LogP contribution in [0.15, 0.2) is 36.7 Å². The Bertz CT molecular complexity index is 877. The van der Waals surface area contributed by atoms with Crippen molar-refractivity contribution in [1.29, 1.82) is 0 Å². The van der Waals surface area contributed by atoms with Crippen molar-refractivity contribution in [2.45, 2.75) is 13.3 Å². The number of carbonyl (C=O) groups excluding carboxylic acids is 1. The fraction of sp³-hybridized carbons (Fsp3) is 0.312. The maximum atomic E-state index is 12.5. The number of hydrogen-bond donors (Lipinski definition) is 1. The van der Waals surface area contributed by atoms with Gasteiger partial charge in [-0.25, -0.2) is 9.50 Å². The van der Waals surface area contributed by atoms with Crippen LogP contribution in [0, 0.1) is 5.92 Å². The van der Waals surface area contributed by atoms with Gasteiger partial charge in [0, 0.05) is 19.3 Å². The molecule has 8 nitrogen and oxygen atoms in total. The molecule has 1 saturated heterocycles. The second-order valence-corrected chi connectivity index (χ2v) is 6.01. The zero-order valence-electron chi connectivity index (χ0n) is 13.3. The first kappa shape index (κ1) is 14.6. The van der Waals surface area contributed by atoms with E-state index in [2.05, 4.69) is 37.4 Å². The molecule has 3 aromatic heterocycles. The first-order valence-electron chi connectivity index (χ1n) is 7.89. The van der Waals surface area contributed by atoms with Gasteiger partial charge in [0.1, 0.15) is 5.82 Å². The van der Waals surface area contributed by atoms with Gasteiger partial charge < -0.3 is 10.2 Å². The van der Waals surface area contributed by atoms with Crippen LogP contribution in [-0.2, 0) is 0 Å². The molecule has 4 rings (SSSR count). The van der Waals surface area contributed by atoms with Crippen molar-refractivity contribution in [1.82, 2.24) is 24.8 Å². The third-order valence-corrected chi connectivity index (χ3v) is 4.14. The standard InChI is InChI=1S/C16H17N7O/c1-11-6-8-22(10-11)15-5-4-14-17-9-12(23(14)21-15)16(24)19-13-3-2-7-18-20-13/h2-5,7,9,11H,6,8,10H2,1H3,(H,19,20,24). The molecule has 4 heterocycles. The molecule has 0 radical (unpaired) electrons. The van der Waals surface area contributed by atoms with Crippen molar-refractivity contribution in [3.63, 3.8) is 0 Å². The molecule has 0 bridgehead atoms. The number of hydrogen-bond acceptors (Lipinski definition) is 6. The summed E-state index contributed by atoms with van der Waals surface area (Å²) in [5, 5.41) is 14.9. The van der Waals surface area contributed by atoms with Gasteiger partial charge in [-0.05, 0) is 36.6 Å². The molecule has 1 aliphatic rings. The lowest BCUT2D eigenvalue weighted by Crippen LogP contribution is -2.22. The predicted octanol–water partition coefficient (Wildman–Crippen LogP) is 1.62. The lowest BCUT2D eigenvalue weighted by molar-refractivity contribution is 0.102. The molecule has 0 aliphatic carbocycles. The summed E-state index contributed by atoms with van der Waals surface area (Å²) < 4.78 is 1.57. The second-order valence-electron chi connectivity index (χ2n) is 6.01. The molecule has 8 heteroatoms. The molecule has 1 amide bonds. The number of aromatic nitrogens is 5. The Morgan fingerprint density at radius 3 is 3.00 bits per heavy atom. The number of imidazole rings is 1. The second kappa shape index (κ2) is 5.88. The topological polar surface area (TPSA) is 88.3 Å². The zero-order valence-corrected chi connectivity index (χ0v) is 13.3. The number of rotatable bonds is 3. The van der Waals surface area contributed by atoms with Gasteiger partial charge in [0.15, 0.2) is 17.2 Å². The third-order valence-electron chi connectivity index (χ3n) is 4.14. The fourth-order valence-corrected chi connectivity index (χ4v) is 2.88. The summed E-state index contributed by atoms with van der Waals surface area (Å²) in [6, 6.07) is 7.22. The van der Waals surface area contributed by atoms with E-state index in [-0.39, 0.29) is 5.91 Å². The number of amides is 1. The molecule has 24 heavy (non-hydrogen) atoms. The van der Waals surface area contributed by atoms with E-state index in [0.29, 0.717) is 23.1 Å². The van der Waals surface area contributed by atoms with Crippen molar-refractivity contribution in [2.75, 3.05) is 23.3 Å². The van der Waals surface area contributed by atoms with Crippen molar-refractivity contribution in [3.05, 3.63) is 42.4 Å². The predicted molar refractivity (Wildman–Crippen MR) is 89.0 cm³/mol. The highest BCUT2D eigenvalue weighted by molar-refractivity contribution is 6.02. The monoisotopic (exact) mass is 323 g/mol. The molecule has 1 fully saturated rings. The molecule has 122 valence electrons. The Morgan fingerprint density at radius 2 is 2.25 bits per heavy atom. The average Bonchev–Trinajstić information content (AvgIpc) is 3.21. The largest absolute Gasteiger partial charge is 0.355 e. The number of fused-ring (bicyclic) bond motifs is 1. The molecule has 1 atom stereocenters. The van der Waals surface area contributed by atoms with Crippen LogP contribution in [0.2, 0.25) is 0 Å². The average molecular weight is 323 g/mol. The summed E-state index contributed by atoms with van der Waals surface area (Å²) in [5.74, 6) is 1.59. The van der Waals surface area contributed by atoms with Crippen LogP contribution in [0.5, 0.6) is 0 Å². The van der Waals surface area contributed by atoms with Crippen LogP contribution in [0.4, 0.5) is 11.6 Å². The van der Waals surface area contributed by atoms with Gasteiger partial charge in [0.2, 0.25) is 0 Å². The van der Waals surface area contributed by atoms with E-state index in [4.69, 9.17) is 0 Å². The summed E-state index contributed by atoms with van der Waals surface area (Å²) in [4.78, 5) is 19.0. The van der Waals surface area contributed by atoms with Crippen molar-refractivity contribution in [2.24, 2.45) is 5.92 Å². The maximum absolute atomic E-state index is 12.5. The highest BCUT2D eigenvalue weighted by Gasteiger charge is 2.21. The molecular weight excluding hydrogens is 306 g/mol. The van der Waals surface area contributed by atoms with Crippen LogP contribution in [0.25, 0.3) is 5.65 Å². The summed E-state index contributed by atoms with van der Waals surface area (Å²) in [5.41, 5.74) is 1.00. The van der Waals surface area contributed by atoms with E-state index >= 15 is 0 Å². The molecule has 0 spiro atoms. The molecule has 0 aromatic carbocycles. The number of nitrogens with one attached hydrogen (secondary N) is 1. The highest BCUT2D eigenvalue weighted by Crippen LogP contribution is 2.22. The minimum Gasteiger partial charge on any atom is -0.355 e. The first-order chi connectivity index (χ1) is 11.7. The minimum atomic E-state index is -0.317. The van der Waals surface area contributed by atoms with Crippen LogP contribution in [0.1, 0.15) is 23.8 Å². The van der Waals surface area contributed by atoms with Gasteiger partial charge in [-0.15, -0.1) is 10.2 Å². The Hall–Kier alpha value is -3.03. The van der Waals surface area contributed by atoms with E-state index in [1.54, 1.807) is 22.8 Å². The molecule has 0 saturated carbocycles. The Balaban J connectivity index is 1.64. The first-order valence-corrected chi connectivity index (χ1v) is 7.89. The van der Waals surface area contributed by atoms with Crippen molar-refractivity contribution in [3.8, 4) is 0 Å². The minimum absolute atomic E-state index is 0.317. The van der Waals surface area contributed by atoms with Gasteiger partial charge >= 0.3 is 0 Å². The molecular formula is C16H17N7O. The van der Waals surface area contributed by atoms with Gasteiger partial charge in [-0.1, -0.05) is 6.92 Å². The van der Waals surface area contributed by atoms with Crippen molar-refractivity contribution >= 4 is 23.2 Å². The number of carbonyl (C=O) groups is 1. The van der Waals surface area contributed by atoms with E-state index in [1.165, 1.54) is 6.20 Å². The smallest absolute Gasteiger partial charge is 0.277 e. The van der Waals surface area contributed by atoms with Gasteiger partial charge in [0.05, 0.1) is 6.20 Å². The number of nitrogens with zero attached hydrogens (tertiary/aromatic N) is 6. The van der Waals surface area contributed by atoms with E-state index in [0.717, 1.165) is 25.3 Å². The van der Waals surface area contributed by atoms with Crippen LogP contribution < -0.4 is 10.2 Å². The summed E-state index contributed by atoms with van der Waals surface area (Å²) in [6.45, 7) is 4.19. The number of anilines is 2. The Morgan fingerprint density at radius 1 is 1.33 bits per heavy atom.